The standard InChI is InChI=1S/C17H22N4O3S/c1-4-15-17(19(2)12-22)21-11-14(5-6-16(21)18-15)13-7-9-20(10-8-13)25(3,23)24/h5-7,11-12H,4,8-10H2,1-3H3/i2D3. The van der Waals surface area contributed by atoms with Gasteiger partial charge in [-0.15, -0.1) is 0 Å². The Labute approximate surface area is 151 Å². The average molecular weight is 365 g/mol. The summed E-state index contributed by atoms with van der Waals surface area (Å²) in [5, 5.41) is 0. The van der Waals surface area contributed by atoms with Crippen molar-refractivity contribution < 1.29 is 17.3 Å². The van der Waals surface area contributed by atoms with Crippen molar-refractivity contribution in [2.75, 3.05) is 31.2 Å². The Morgan fingerprint density at radius 1 is 1.44 bits per heavy atom. The molecule has 1 aliphatic rings. The Bertz CT molecular complexity index is 1040. The predicted octanol–water partition coefficient (Wildman–Crippen LogP) is 1.54. The zero-order valence-corrected chi connectivity index (χ0v) is 15.0. The first kappa shape index (κ1) is 14.0. The van der Waals surface area contributed by atoms with Crippen LogP contribution in [0.3, 0.4) is 0 Å². The summed E-state index contributed by atoms with van der Waals surface area (Å²) >= 11 is 0. The number of pyridine rings is 1. The Hall–Kier alpha value is -2.19. The van der Waals surface area contributed by atoms with Crippen LogP contribution in [0.15, 0.2) is 24.4 Å². The predicted molar refractivity (Wildman–Crippen MR) is 98.0 cm³/mol. The van der Waals surface area contributed by atoms with E-state index in [1.165, 1.54) is 10.6 Å². The van der Waals surface area contributed by atoms with Crippen LogP contribution in [0.25, 0.3) is 11.2 Å². The van der Waals surface area contributed by atoms with Gasteiger partial charge in [0.25, 0.3) is 0 Å². The maximum atomic E-state index is 11.7. The molecule has 0 saturated carbocycles. The van der Waals surface area contributed by atoms with Gasteiger partial charge in [-0.2, -0.15) is 4.31 Å². The van der Waals surface area contributed by atoms with Crippen LogP contribution in [0.4, 0.5) is 5.82 Å². The second-order valence-corrected chi connectivity index (χ2v) is 7.94. The smallest absolute Gasteiger partial charge is 0.215 e. The highest BCUT2D eigenvalue weighted by molar-refractivity contribution is 7.88. The first-order valence-electron chi connectivity index (χ1n) is 9.46. The Kier molecular flexibility index (Phi) is 3.71. The van der Waals surface area contributed by atoms with Gasteiger partial charge in [0.1, 0.15) is 11.5 Å². The van der Waals surface area contributed by atoms with E-state index in [1.54, 1.807) is 16.7 Å². The number of hydrogen-bond donors (Lipinski definition) is 0. The quantitative estimate of drug-likeness (QED) is 0.753. The monoisotopic (exact) mass is 365 g/mol. The second kappa shape index (κ2) is 6.61. The van der Waals surface area contributed by atoms with Crippen molar-refractivity contribution in [2.24, 2.45) is 0 Å². The summed E-state index contributed by atoms with van der Waals surface area (Å²) in [7, 11) is -3.24. The van der Waals surface area contributed by atoms with Crippen LogP contribution in [0.1, 0.15) is 28.7 Å². The largest absolute Gasteiger partial charge is 0.302 e. The molecule has 0 spiro atoms. The maximum Gasteiger partial charge on any atom is 0.215 e. The minimum atomic E-state index is -3.24. The summed E-state index contributed by atoms with van der Waals surface area (Å²) in [6.07, 6.45) is 6.10. The number of aromatic nitrogens is 2. The van der Waals surface area contributed by atoms with E-state index in [-0.39, 0.29) is 5.82 Å². The molecule has 25 heavy (non-hydrogen) atoms. The molecule has 0 radical (unpaired) electrons. The molecule has 0 aliphatic carbocycles. The average Bonchev–Trinajstić information content (AvgIpc) is 2.98. The van der Waals surface area contributed by atoms with E-state index < -0.39 is 17.0 Å². The molecular weight excluding hydrogens is 340 g/mol. The van der Waals surface area contributed by atoms with Crippen LogP contribution in [0, 0.1) is 0 Å². The van der Waals surface area contributed by atoms with Crippen LogP contribution < -0.4 is 4.90 Å². The van der Waals surface area contributed by atoms with Crippen molar-refractivity contribution in [2.45, 2.75) is 19.8 Å². The number of hydrogen-bond acceptors (Lipinski definition) is 4. The fourth-order valence-corrected chi connectivity index (χ4v) is 3.80. The number of carbonyl (C=O) groups excluding carboxylic acids is 1. The van der Waals surface area contributed by atoms with Gasteiger partial charge in [-0.3, -0.25) is 9.20 Å². The highest BCUT2D eigenvalue weighted by Gasteiger charge is 2.21. The highest BCUT2D eigenvalue weighted by Crippen LogP contribution is 2.27. The minimum Gasteiger partial charge on any atom is -0.302 e. The Morgan fingerprint density at radius 3 is 2.80 bits per heavy atom. The lowest BCUT2D eigenvalue weighted by Gasteiger charge is -2.24. The zero-order valence-electron chi connectivity index (χ0n) is 17.1. The van der Waals surface area contributed by atoms with Gasteiger partial charge in [-0.05, 0) is 36.1 Å². The van der Waals surface area contributed by atoms with Gasteiger partial charge in [0.15, 0.2) is 0 Å². The number of aryl methyl sites for hydroxylation is 1. The molecule has 0 bridgehead atoms. The van der Waals surface area contributed by atoms with Crippen LogP contribution in [0.2, 0.25) is 0 Å². The minimum absolute atomic E-state index is 0.225. The molecule has 7 nitrogen and oxygen atoms in total. The molecule has 0 N–H and O–H groups in total. The van der Waals surface area contributed by atoms with Crippen molar-refractivity contribution in [3.63, 3.8) is 0 Å². The topological polar surface area (TPSA) is 75.0 Å². The number of amides is 1. The first-order chi connectivity index (χ1) is 13.1. The van der Waals surface area contributed by atoms with Crippen LogP contribution >= 0.6 is 0 Å². The Balaban J connectivity index is 2.08. The molecule has 2 aromatic heterocycles. The van der Waals surface area contributed by atoms with Crippen molar-refractivity contribution in [3.8, 4) is 0 Å². The molecule has 0 aromatic carbocycles. The number of imidazole rings is 1. The SMILES string of the molecule is [2H]C([2H])([2H])N(C=O)c1c(CC)nc2ccc(C3=CCN(S(C)(=O)=O)CC3)cn12. The highest BCUT2D eigenvalue weighted by atomic mass is 32.2. The van der Waals surface area contributed by atoms with E-state index in [9.17, 15) is 13.2 Å². The van der Waals surface area contributed by atoms with E-state index in [4.69, 9.17) is 4.11 Å². The summed E-state index contributed by atoms with van der Waals surface area (Å²) < 4.78 is 49.3. The summed E-state index contributed by atoms with van der Waals surface area (Å²) in [5.41, 5.74) is 2.85. The van der Waals surface area contributed by atoms with Crippen molar-refractivity contribution >= 4 is 33.5 Å². The fourth-order valence-electron chi connectivity index (χ4n) is 3.03. The van der Waals surface area contributed by atoms with Crippen molar-refractivity contribution in [3.05, 3.63) is 35.7 Å². The van der Waals surface area contributed by atoms with Crippen LogP contribution in [0.5, 0.6) is 0 Å². The molecule has 0 atom stereocenters. The zero-order chi connectivity index (χ0) is 20.7. The van der Waals surface area contributed by atoms with Crippen LogP contribution in [-0.4, -0.2) is 54.8 Å². The molecular formula is C17H22N4O3S. The molecule has 8 heteroatoms. The fraction of sp³-hybridized carbons (Fsp3) is 0.412. The van der Waals surface area contributed by atoms with Gasteiger partial charge in [0.05, 0.1) is 11.9 Å². The number of fused-ring (bicyclic) bond motifs is 1. The third-order valence-corrected chi connectivity index (χ3v) is 5.61. The summed E-state index contributed by atoms with van der Waals surface area (Å²) in [6, 6.07) is 3.64. The maximum absolute atomic E-state index is 11.7. The normalized spacial score (nSPS) is 18.3. The number of anilines is 1. The lowest BCUT2D eigenvalue weighted by molar-refractivity contribution is -0.107. The van der Waals surface area contributed by atoms with E-state index in [0.717, 1.165) is 16.0 Å². The Morgan fingerprint density at radius 2 is 2.24 bits per heavy atom. The third-order valence-electron chi connectivity index (χ3n) is 4.34. The number of carbonyl (C=O) groups is 1. The van der Waals surface area contributed by atoms with E-state index in [0.29, 0.717) is 43.7 Å². The molecule has 1 amide bonds. The molecule has 3 heterocycles. The lowest BCUT2D eigenvalue weighted by atomic mass is 10.0. The lowest BCUT2D eigenvalue weighted by Crippen LogP contribution is -2.33. The molecule has 0 fully saturated rings. The summed E-state index contributed by atoms with van der Waals surface area (Å²) in [4.78, 5) is 16.7. The van der Waals surface area contributed by atoms with Gasteiger partial charge < -0.3 is 4.90 Å². The summed E-state index contributed by atoms with van der Waals surface area (Å²) in [5.74, 6) is 0.225. The van der Waals surface area contributed by atoms with Gasteiger partial charge in [0.2, 0.25) is 16.4 Å². The molecule has 0 saturated heterocycles. The number of nitrogens with zero attached hydrogens (tertiary/aromatic N) is 4. The van der Waals surface area contributed by atoms with Gasteiger partial charge in [-0.1, -0.05) is 13.0 Å². The van der Waals surface area contributed by atoms with Gasteiger partial charge in [0, 0.05) is 30.4 Å². The van der Waals surface area contributed by atoms with Gasteiger partial charge >= 0.3 is 0 Å². The molecule has 1 aliphatic heterocycles. The molecule has 2 aromatic rings. The number of sulfonamides is 1. The molecule has 134 valence electrons. The molecule has 3 rings (SSSR count). The second-order valence-electron chi connectivity index (χ2n) is 5.96. The molecule has 0 unspecified atom stereocenters. The van der Waals surface area contributed by atoms with Gasteiger partial charge in [-0.25, -0.2) is 13.4 Å². The van der Waals surface area contributed by atoms with Crippen molar-refractivity contribution in [1.82, 2.24) is 13.7 Å². The summed E-state index contributed by atoms with van der Waals surface area (Å²) in [6.45, 7) is -0.107. The van der Waals surface area contributed by atoms with Crippen molar-refractivity contribution in [1.29, 1.82) is 0 Å². The first-order valence-corrected chi connectivity index (χ1v) is 9.81. The van der Waals surface area contributed by atoms with Crippen LogP contribution in [-0.2, 0) is 21.2 Å². The third kappa shape index (κ3) is 3.32. The van der Waals surface area contributed by atoms with E-state index in [2.05, 4.69) is 4.98 Å². The van der Waals surface area contributed by atoms with E-state index >= 15 is 0 Å². The number of rotatable bonds is 5. The van der Waals surface area contributed by atoms with E-state index in [1.807, 2.05) is 19.1 Å².